The van der Waals surface area contributed by atoms with Crippen molar-refractivity contribution >= 4 is 23.5 Å². The standard InChI is InChI=1S/C19H37NO5S/c1-14(21)25-10-9-24-12-15(22)13-26-11-8-16(20-19(5,6)7)17(23)18(2,3)4/h15-16,20,22H,8-13H2,1-7H3/t15?,16-/m0/s1. The minimum atomic E-state index is -0.579. The van der Waals surface area contributed by atoms with Crippen LogP contribution in [0.25, 0.3) is 0 Å². The maximum Gasteiger partial charge on any atom is 0.302 e. The van der Waals surface area contributed by atoms with E-state index in [2.05, 4.69) is 26.1 Å². The van der Waals surface area contributed by atoms with Crippen LogP contribution in [0.4, 0.5) is 0 Å². The van der Waals surface area contributed by atoms with E-state index in [0.29, 0.717) is 5.75 Å². The molecule has 154 valence electrons. The predicted octanol–water partition coefficient (Wildman–Crippen LogP) is 2.42. The first-order chi connectivity index (χ1) is 11.8. The molecule has 0 saturated carbocycles. The van der Waals surface area contributed by atoms with Crippen molar-refractivity contribution in [1.82, 2.24) is 5.32 Å². The lowest BCUT2D eigenvalue weighted by atomic mass is 9.84. The fourth-order valence-corrected chi connectivity index (χ4v) is 3.18. The molecule has 0 radical (unpaired) electrons. The lowest BCUT2D eigenvalue weighted by Crippen LogP contribution is -2.51. The maximum atomic E-state index is 12.6. The van der Waals surface area contributed by atoms with Crippen molar-refractivity contribution in [2.45, 2.75) is 72.6 Å². The van der Waals surface area contributed by atoms with Gasteiger partial charge in [0.25, 0.3) is 0 Å². The Hall–Kier alpha value is -0.630. The first kappa shape index (κ1) is 25.4. The molecule has 2 atom stereocenters. The van der Waals surface area contributed by atoms with Gasteiger partial charge in [0, 0.05) is 23.6 Å². The number of ether oxygens (including phenoxy) is 2. The Bertz CT molecular complexity index is 429. The molecule has 0 fully saturated rings. The zero-order chi connectivity index (χ0) is 20.4. The van der Waals surface area contributed by atoms with E-state index in [-0.39, 0.29) is 48.6 Å². The molecular formula is C19H37NO5S. The predicted molar refractivity (Wildman–Crippen MR) is 107 cm³/mol. The number of carbonyl (C=O) groups excluding carboxylic acids is 2. The van der Waals surface area contributed by atoms with Crippen molar-refractivity contribution < 1.29 is 24.2 Å². The van der Waals surface area contributed by atoms with Crippen molar-refractivity contribution in [2.75, 3.05) is 31.3 Å². The average Bonchev–Trinajstić information content (AvgIpc) is 2.46. The van der Waals surface area contributed by atoms with Crippen LogP contribution < -0.4 is 5.32 Å². The molecule has 0 amide bonds. The zero-order valence-electron chi connectivity index (χ0n) is 17.4. The number of nitrogens with one attached hydrogen (secondary N) is 1. The van der Waals surface area contributed by atoms with Crippen LogP contribution in [0.3, 0.4) is 0 Å². The highest BCUT2D eigenvalue weighted by Gasteiger charge is 2.31. The van der Waals surface area contributed by atoms with Gasteiger partial charge in [-0.15, -0.1) is 0 Å². The van der Waals surface area contributed by atoms with E-state index in [9.17, 15) is 14.7 Å². The molecule has 0 aliphatic carbocycles. The van der Waals surface area contributed by atoms with E-state index in [0.717, 1.165) is 12.2 Å². The fraction of sp³-hybridized carbons (Fsp3) is 0.895. The van der Waals surface area contributed by atoms with Crippen molar-refractivity contribution in [3.8, 4) is 0 Å². The smallest absolute Gasteiger partial charge is 0.302 e. The first-order valence-corrected chi connectivity index (χ1v) is 10.3. The van der Waals surface area contributed by atoms with Crippen LogP contribution in [0.1, 0.15) is 54.9 Å². The quantitative estimate of drug-likeness (QED) is 0.390. The largest absolute Gasteiger partial charge is 0.463 e. The van der Waals surface area contributed by atoms with Gasteiger partial charge in [-0.1, -0.05) is 20.8 Å². The van der Waals surface area contributed by atoms with E-state index in [1.165, 1.54) is 6.92 Å². The van der Waals surface area contributed by atoms with Crippen LogP contribution >= 0.6 is 11.8 Å². The number of ketones is 1. The lowest BCUT2D eigenvalue weighted by molar-refractivity contribution is -0.142. The minimum Gasteiger partial charge on any atom is -0.463 e. The van der Waals surface area contributed by atoms with E-state index in [1.54, 1.807) is 11.8 Å². The van der Waals surface area contributed by atoms with Gasteiger partial charge in [-0.2, -0.15) is 11.8 Å². The van der Waals surface area contributed by atoms with Crippen LogP contribution in [0.2, 0.25) is 0 Å². The van der Waals surface area contributed by atoms with Gasteiger partial charge in [0.15, 0.2) is 5.78 Å². The number of hydrogen-bond acceptors (Lipinski definition) is 7. The number of rotatable bonds is 12. The Morgan fingerprint density at radius 2 is 1.73 bits per heavy atom. The van der Waals surface area contributed by atoms with E-state index in [4.69, 9.17) is 9.47 Å². The second kappa shape index (κ2) is 12.0. The summed E-state index contributed by atoms with van der Waals surface area (Å²) in [6.45, 7) is 14.0. The van der Waals surface area contributed by atoms with Crippen LogP contribution in [0, 0.1) is 5.41 Å². The second-order valence-corrected chi connectivity index (χ2v) is 9.64. The van der Waals surface area contributed by atoms with Gasteiger partial charge >= 0.3 is 5.97 Å². The third-order valence-corrected chi connectivity index (χ3v) is 4.51. The molecule has 6 nitrogen and oxygen atoms in total. The summed E-state index contributed by atoms with van der Waals surface area (Å²) in [6, 6.07) is -0.195. The molecule has 26 heavy (non-hydrogen) atoms. The molecule has 2 N–H and O–H groups in total. The lowest BCUT2D eigenvalue weighted by Gasteiger charge is -2.31. The summed E-state index contributed by atoms with van der Waals surface area (Å²) in [5, 5.41) is 13.3. The monoisotopic (exact) mass is 391 g/mol. The highest BCUT2D eigenvalue weighted by molar-refractivity contribution is 7.99. The number of aliphatic hydroxyl groups excluding tert-OH is 1. The van der Waals surface area contributed by atoms with E-state index in [1.807, 2.05) is 20.8 Å². The summed E-state index contributed by atoms with van der Waals surface area (Å²) >= 11 is 1.60. The molecule has 0 aromatic carbocycles. The average molecular weight is 392 g/mol. The van der Waals surface area contributed by atoms with Crippen molar-refractivity contribution in [2.24, 2.45) is 5.41 Å². The van der Waals surface area contributed by atoms with Gasteiger partial charge < -0.3 is 19.9 Å². The summed E-state index contributed by atoms with van der Waals surface area (Å²) in [5.74, 6) is 1.19. The Labute approximate surface area is 162 Å². The van der Waals surface area contributed by atoms with E-state index >= 15 is 0 Å². The highest BCUT2D eigenvalue weighted by atomic mass is 32.2. The normalized spacial score (nSPS) is 14.8. The van der Waals surface area contributed by atoms with Crippen LogP contribution in [0.5, 0.6) is 0 Å². The molecule has 0 aromatic rings. The zero-order valence-corrected chi connectivity index (χ0v) is 18.2. The Morgan fingerprint density at radius 1 is 1.12 bits per heavy atom. The Balaban J connectivity index is 4.14. The molecule has 7 heteroatoms. The van der Waals surface area contributed by atoms with Gasteiger partial charge in [0.1, 0.15) is 6.61 Å². The molecule has 0 bridgehead atoms. The minimum absolute atomic E-state index is 0.133. The summed E-state index contributed by atoms with van der Waals surface area (Å²) in [7, 11) is 0. The van der Waals surface area contributed by atoms with Crippen LogP contribution in [0.15, 0.2) is 0 Å². The fourth-order valence-electron chi connectivity index (χ4n) is 2.25. The summed E-state index contributed by atoms with van der Waals surface area (Å²) in [6.07, 6.45) is 0.141. The number of esters is 1. The molecular weight excluding hydrogens is 354 g/mol. The molecule has 0 aliphatic rings. The first-order valence-electron chi connectivity index (χ1n) is 9.12. The molecule has 0 aliphatic heterocycles. The number of aliphatic hydroxyl groups is 1. The molecule has 0 rings (SSSR count). The third-order valence-electron chi connectivity index (χ3n) is 3.37. The topological polar surface area (TPSA) is 84.9 Å². The third kappa shape index (κ3) is 13.6. The molecule has 1 unspecified atom stereocenters. The SMILES string of the molecule is CC(=O)OCCOCC(O)CSCC[C@H](NC(C)(C)C)C(=O)C(C)(C)C. The molecule has 0 spiro atoms. The number of thioether (sulfide) groups is 1. The van der Waals surface area contributed by atoms with Gasteiger partial charge in [-0.3, -0.25) is 9.59 Å². The van der Waals surface area contributed by atoms with Gasteiger partial charge in [-0.25, -0.2) is 0 Å². The van der Waals surface area contributed by atoms with Crippen molar-refractivity contribution in [3.05, 3.63) is 0 Å². The van der Waals surface area contributed by atoms with Gasteiger partial charge in [-0.05, 0) is 32.9 Å². The Morgan fingerprint density at radius 3 is 2.23 bits per heavy atom. The number of carbonyl (C=O) groups is 2. The van der Waals surface area contributed by atoms with Gasteiger partial charge in [0.05, 0.1) is 25.4 Å². The maximum absolute atomic E-state index is 12.6. The van der Waals surface area contributed by atoms with Crippen molar-refractivity contribution in [3.63, 3.8) is 0 Å². The molecule has 0 aromatic heterocycles. The number of Topliss-reactive ketones (excluding diaryl/α,β-unsaturated/α-hetero) is 1. The van der Waals surface area contributed by atoms with Crippen LogP contribution in [-0.2, 0) is 19.1 Å². The summed E-state index contributed by atoms with van der Waals surface area (Å²) < 4.78 is 10.0. The summed E-state index contributed by atoms with van der Waals surface area (Å²) in [5.41, 5.74) is -0.519. The van der Waals surface area contributed by atoms with Crippen LogP contribution in [-0.4, -0.2) is 65.9 Å². The highest BCUT2D eigenvalue weighted by Crippen LogP contribution is 2.21. The number of hydrogen-bond donors (Lipinski definition) is 2. The Kier molecular flexibility index (Phi) is 11.7. The summed E-state index contributed by atoms with van der Waals surface area (Å²) in [4.78, 5) is 23.3. The van der Waals surface area contributed by atoms with Crippen molar-refractivity contribution in [1.29, 1.82) is 0 Å². The van der Waals surface area contributed by atoms with Gasteiger partial charge in [0.2, 0.25) is 0 Å². The molecule has 0 saturated heterocycles. The second-order valence-electron chi connectivity index (χ2n) is 8.49. The molecule has 0 heterocycles. The van der Waals surface area contributed by atoms with E-state index < -0.39 is 6.10 Å².